The highest BCUT2D eigenvalue weighted by Crippen LogP contribution is 2.29. The first kappa shape index (κ1) is 25.3. The summed E-state index contributed by atoms with van der Waals surface area (Å²) in [4.78, 5) is 58.9. The topological polar surface area (TPSA) is 120 Å². The molecule has 4 rings (SSSR count). The zero-order chi connectivity index (χ0) is 25.7. The molecule has 0 spiro atoms. The molecule has 2 unspecified atom stereocenters. The number of hydrogen-bond acceptors (Lipinski definition) is 5. The molecule has 1 aromatic carbocycles. The second kappa shape index (κ2) is 11.3. The molecule has 2 aromatic rings. The zero-order valence-electron chi connectivity index (χ0n) is 20.4. The van der Waals surface area contributed by atoms with Gasteiger partial charge in [-0.05, 0) is 49.9 Å². The Morgan fingerprint density at radius 3 is 2.22 bits per heavy atom. The molecule has 1 aliphatic carbocycles. The van der Waals surface area contributed by atoms with Gasteiger partial charge < -0.3 is 20.2 Å². The van der Waals surface area contributed by atoms with Gasteiger partial charge in [0.25, 0.3) is 17.7 Å². The number of amides is 3. The van der Waals surface area contributed by atoms with E-state index in [4.69, 9.17) is 0 Å². The van der Waals surface area contributed by atoms with Crippen LogP contribution in [0.15, 0.2) is 48.8 Å². The molecule has 1 aromatic heterocycles. The van der Waals surface area contributed by atoms with E-state index in [0.29, 0.717) is 11.1 Å². The van der Waals surface area contributed by atoms with Crippen molar-refractivity contribution in [3.8, 4) is 0 Å². The number of carbonyl (C=O) groups is 4. The molecule has 2 N–H and O–H groups in total. The number of carbonyl (C=O) groups excluding carboxylic acids is 3. The third-order valence-corrected chi connectivity index (χ3v) is 7.06. The minimum Gasteiger partial charge on any atom is -0.481 e. The molecule has 1 aliphatic heterocycles. The Morgan fingerprint density at radius 2 is 1.61 bits per heavy atom. The molecular weight excluding hydrogens is 460 g/mol. The maximum absolute atomic E-state index is 13.7. The van der Waals surface area contributed by atoms with Crippen LogP contribution in [0.1, 0.15) is 64.8 Å². The Morgan fingerprint density at radius 1 is 0.972 bits per heavy atom. The standard InChI is InChI=1S/C27H32N4O5/c1-18-6-5-9-21(16-18)27(36)31-15-14-30(26(35)20-10-12-28-13-11-20)25(31)24(34)29-22(17-23(32)33)19-7-3-2-4-8-19/h5-6,9-13,16,19,22,25H,2-4,7-8,14-15,17H2,1H3,(H,29,34)(H,32,33). The SMILES string of the molecule is Cc1cccc(C(=O)N2CCN(C(=O)c3ccncc3)C2C(=O)NC(CC(=O)O)C2CCCCC2)c1. The molecule has 2 fully saturated rings. The van der Waals surface area contributed by atoms with Gasteiger partial charge in [-0.25, -0.2) is 0 Å². The Bertz CT molecular complexity index is 1120. The number of aliphatic carboxylic acids is 1. The lowest BCUT2D eigenvalue weighted by molar-refractivity contribution is -0.138. The summed E-state index contributed by atoms with van der Waals surface area (Å²) in [6.45, 7) is 2.25. The van der Waals surface area contributed by atoms with E-state index in [-0.39, 0.29) is 37.2 Å². The van der Waals surface area contributed by atoms with Crippen LogP contribution >= 0.6 is 0 Å². The average Bonchev–Trinajstić information content (AvgIpc) is 3.33. The fourth-order valence-corrected chi connectivity index (χ4v) is 5.26. The third-order valence-electron chi connectivity index (χ3n) is 7.06. The average molecular weight is 493 g/mol. The van der Waals surface area contributed by atoms with Crippen LogP contribution in [0.3, 0.4) is 0 Å². The molecule has 2 atom stereocenters. The van der Waals surface area contributed by atoms with Gasteiger partial charge >= 0.3 is 5.97 Å². The van der Waals surface area contributed by atoms with Crippen LogP contribution in [0.5, 0.6) is 0 Å². The van der Waals surface area contributed by atoms with Gasteiger partial charge in [0.2, 0.25) is 0 Å². The second-order valence-electron chi connectivity index (χ2n) is 9.59. The van der Waals surface area contributed by atoms with Crippen LogP contribution in [0.2, 0.25) is 0 Å². The van der Waals surface area contributed by atoms with Crippen LogP contribution in [-0.4, -0.2) is 68.9 Å². The molecule has 190 valence electrons. The fraction of sp³-hybridized carbons (Fsp3) is 0.444. The number of hydrogen-bond donors (Lipinski definition) is 2. The van der Waals surface area contributed by atoms with Crippen molar-refractivity contribution in [2.75, 3.05) is 13.1 Å². The molecule has 1 saturated carbocycles. The van der Waals surface area contributed by atoms with Crippen molar-refractivity contribution in [3.05, 3.63) is 65.5 Å². The lowest BCUT2D eigenvalue weighted by atomic mass is 9.82. The molecule has 2 aliphatic rings. The predicted octanol–water partition coefficient (Wildman–Crippen LogP) is 2.85. The van der Waals surface area contributed by atoms with Gasteiger partial charge in [-0.3, -0.25) is 24.2 Å². The van der Waals surface area contributed by atoms with Gasteiger partial charge in [0.1, 0.15) is 0 Å². The van der Waals surface area contributed by atoms with Crippen molar-refractivity contribution < 1.29 is 24.3 Å². The van der Waals surface area contributed by atoms with E-state index in [1.54, 1.807) is 30.3 Å². The van der Waals surface area contributed by atoms with E-state index in [1.807, 2.05) is 13.0 Å². The van der Waals surface area contributed by atoms with Gasteiger partial charge in [0.05, 0.1) is 6.42 Å². The smallest absolute Gasteiger partial charge is 0.305 e. The van der Waals surface area contributed by atoms with Gasteiger partial charge in [0, 0.05) is 42.7 Å². The molecule has 36 heavy (non-hydrogen) atoms. The van der Waals surface area contributed by atoms with Crippen LogP contribution < -0.4 is 5.32 Å². The van der Waals surface area contributed by atoms with Crippen LogP contribution in [-0.2, 0) is 9.59 Å². The van der Waals surface area contributed by atoms with Crippen molar-refractivity contribution in [2.24, 2.45) is 5.92 Å². The first-order valence-corrected chi connectivity index (χ1v) is 12.5. The Kier molecular flexibility index (Phi) is 7.97. The van der Waals surface area contributed by atoms with Crippen LogP contribution in [0.4, 0.5) is 0 Å². The van der Waals surface area contributed by atoms with Crippen LogP contribution in [0, 0.1) is 12.8 Å². The largest absolute Gasteiger partial charge is 0.481 e. The molecule has 3 amide bonds. The minimum absolute atomic E-state index is 0.0467. The highest BCUT2D eigenvalue weighted by Gasteiger charge is 2.44. The lowest BCUT2D eigenvalue weighted by Gasteiger charge is -2.34. The Balaban J connectivity index is 1.63. The summed E-state index contributed by atoms with van der Waals surface area (Å²) in [7, 11) is 0. The maximum Gasteiger partial charge on any atom is 0.305 e. The fourth-order valence-electron chi connectivity index (χ4n) is 5.26. The van der Waals surface area contributed by atoms with Crippen molar-refractivity contribution in [2.45, 2.75) is 57.7 Å². The van der Waals surface area contributed by atoms with E-state index < -0.39 is 24.1 Å². The van der Waals surface area contributed by atoms with E-state index in [0.717, 1.165) is 37.7 Å². The predicted molar refractivity (Wildman–Crippen MR) is 132 cm³/mol. The highest BCUT2D eigenvalue weighted by atomic mass is 16.4. The zero-order valence-corrected chi connectivity index (χ0v) is 20.4. The van der Waals surface area contributed by atoms with E-state index >= 15 is 0 Å². The van der Waals surface area contributed by atoms with Crippen LogP contribution in [0.25, 0.3) is 0 Å². The molecule has 9 heteroatoms. The highest BCUT2D eigenvalue weighted by molar-refractivity contribution is 6.02. The van der Waals surface area contributed by atoms with Gasteiger partial charge in [-0.1, -0.05) is 37.0 Å². The summed E-state index contributed by atoms with van der Waals surface area (Å²) < 4.78 is 0. The number of aryl methyl sites for hydroxylation is 1. The number of carboxylic acid groups (broad SMARTS) is 1. The molecule has 1 saturated heterocycles. The number of nitrogens with one attached hydrogen (secondary N) is 1. The number of pyridine rings is 1. The summed E-state index contributed by atoms with van der Waals surface area (Å²) in [5, 5.41) is 12.4. The molecule has 2 heterocycles. The lowest BCUT2D eigenvalue weighted by Crippen LogP contribution is -2.57. The molecule has 0 bridgehead atoms. The number of carboxylic acids is 1. The molecular formula is C27H32N4O5. The number of nitrogens with zero attached hydrogens (tertiary/aromatic N) is 3. The van der Waals surface area contributed by atoms with Crippen molar-refractivity contribution in [1.29, 1.82) is 0 Å². The second-order valence-corrected chi connectivity index (χ2v) is 9.59. The minimum atomic E-state index is -1.18. The maximum atomic E-state index is 13.7. The summed E-state index contributed by atoms with van der Waals surface area (Å²) >= 11 is 0. The van der Waals surface area contributed by atoms with Gasteiger partial charge in [0.15, 0.2) is 6.17 Å². The van der Waals surface area contributed by atoms with Gasteiger partial charge in [-0.2, -0.15) is 0 Å². The van der Waals surface area contributed by atoms with Crippen molar-refractivity contribution >= 4 is 23.7 Å². The summed E-state index contributed by atoms with van der Waals surface area (Å²) in [5.74, 6) is -2.21. The quantitative estimate of drug-likeness (QED) is 0.613. The van der Waals surface area contributed by atoms with E-state index in [1.165, 1.54) is 22.2 Å². The number of rotatable bonds is 7. The monoisotopic (exact) mass is 492 g/mol. The molecule has 9 nitrogen and oxygen atoms in total. The third kappa shape index (κ3) is 5.72. The Labute approximate surface area is 210 Å². The summed E-state index contributed by atoms with van der Waals surface area (Å²) in [6.07, 6.45) is 6.38. The van der Waals surface area contributed by atoms with E-state index in [2.05, 4.69) is 10.3 Å². The van der Waals surface area contributed by atoms with Crippen molar-refractivity contribution in [3.63, 3.8) is 0 Å². The normalized spacial score (nSPS) is 19.1. The van der Waals surface area contributed by atoms with E-state index in [9.17, 15) is 24.3 Å². The summed E-state index contributed by atoms with van der Waals surface area (Å²) in [5.41, 5.74) is 1.70. The molecule has 0 radical (unpaired) electrons. The number of aromatic nitrogens is 1. The summed E-state index contributed by atoms with van der Waals surface area (Å²) in [6, 6.07) is 9.66. The van der Waals surface area contributed by atoms with Crippen molar-refractivity contribution in [1.82, 2.24) is 20.1 Å². The first-order valence-electron chi connectivity index (χ1n) is 12.5. The number of benzene rings is 1. The Hall–Kier alpha value is -3.75. The van der Waals surface area contributed by atoms with Gasteiger partial charge in [-0.15, -0.1) is 0 Å². The first-order chi connectivity index (χ1) is 17.3.